The zero-order chi connectivity index (χ0) is 15.7. The molecule has 0 saturated heterocycles. The molecule has 0 bridgehead atoms. The van der Waals surface area contributed by atoms with Gasteiger partial charge in [-0.1, -0.05) is 6.92 Å². The van der Waals surface area contributed by atoms with Crippen LogP contribution < -0.4 is 4.74 Å². The number of alkyl halides is 8. The van der Waals surface area contributed by atoms with Crippen molar-refractivity contribution < 1.29 is 39.9 Å². The van der Waals surface area contributed by atoms with Gasteiger partial charge < -0.3 is 4.74 Å². The Morgan fingerprint density at radius 2 is 1.45 bits per heavy atom. The standard InChI is InChI=1S/C11H8F8O/c1-2-5-3-7(11(17,18)19)8(20-9(12)13)4-6(5)10(14,15)16/h3-4,9H,2H2,1H3. The number of hydrogen-bond acceptors (Lipinski definition) is 1. The molecule has 0 atom stereocenters. The van der Waals surface area contributed by atoms with E-state index in [2.05, 4.69) is 4.74 Å². The lowest BCUT2D eigenvalue weighted by atomic mass is 10.00. The van der Waals surface area contributed by atoms with Crippen LogP contribution in [0.1, 0.15) is 23.6 Å². The lowest BCUT2D eigenvalue weighted by Crippen LogP contribution is -2.16. The molecule has 0 aliphatic carbocycles. The maximum Gasteiger partial charge on any atom is 0.419 e. The van der Waals surface area contributed by atoms with Gasteiger partial charge in [0.2, 0.25) is 0 Å². The molecule has 9 heteroatoms. The minimum atomic E-state index is -5.10. The van der Waals surface area contributed by atoms with Crippen LogP contribution in [0.4, 0.5) is 35.1 Å². The van der Waals surface area contributed by atoms with Crippen LogP contribution in [0.15, 0.2) is 12.1 Å². The first-order valence-electron chi connectivity index (χ1n) is 5.23. The molecule has 20 heavy (non-hydrogen) atoms. The first kappa shape index (κ1) is 16.5. The highest BCUT2D eigenvalue weighted by molar-refractivity contribution is 5.45. The lowest BCUT2D eigenvalue weighted by Gasteiger charge is -2.19. The molecule has 0 radical (unpaired) electrons. The summed E-state index contributed by atoms with van der Waals surface area (Å²) in [5.74, 6) is -1.54. The minimum absolute atomic E-state index is 0.0478. The van der Waals surface area contributed by atoms with E-state index in [9.17, 15) is 35.1 Å². The highest BCUT2D eigenvalue weighted by Crippen LogP contribution is 2.42. The van der Waals surface area contributed by atoms with Crippen LogP contribution in [0.25, 0.3) is 0 Å². The second-order valence-electron chi connectivity index (χ2n) is 3.73. The normalized spacial score (nSPS) is 12.9. The van der Waals surface area contributed by atoms with Gasteiger partial charge in [0.25, 0.3) is 0 Å². The monoisotopic (exact) mass is 308 g/mol. The van der Waals surface area contributed by atoms with Gasteiger partial charge in [-0.05, 0) is 24.1 Å². The van der Waals surface area contributed by atoms with Gasteiger partial charge in [-0.25, -0.2) is 0 Å². The first-order valence-corrected chi connectivity index (χ1v) is 5.23. The average molecular weight is 308 g/mol. The Balaban J connectivity index is 3.53. The Kier molecular flexibility index (Phi) is 4.50. The van der Waals surface area contributed by atoms with E-state index in [4.69, 9.17) is 0 Å². The van der Waals surface area contributed by atoms with Gasteiger partial charge in [-0.3, -0.25) is 0 Å². The number of rotatable bonds is 3. The third kappa shape index (κ3) is 3.73. The van der Waals surface area contributed by atoms with E-state index in [0.29, 0.717) is 0 Å². The van der Waals surface area contributed by atoms with Crippen LogP contribution in [-0.2, 0) is 18.8 Å². The molecular formula is C11H8F8O. The van der Waals surface area contributed by atoms with Gasteiger partial charge in [-0.15, -0.1) is 0 Å². The third-order valence-electron chi connectivity index (χ3n) is 2.41. The van der Waals surface area contributed by atoms with Crippen molar-refractivity contribution in [2.24, 2.45) is 0 Å². The van der Waals surface area contributed by atoms with Gasteiger partial charge in [0, 0.05) is 0 Å². The van der Waals surface area contributed by atoms with Gasteiger partial charge >= 0.3 is 19.0 Å². The number of aryl methyl sites for hydroxylation is 1. The quantitative estimate of drug-likeness (QED) is 0.723. The van der Waals surface area contributed by atoms with Crippen LogP contribution >= 0.6 is 0 Å². The molecule has 0 fully saturated rings. The second-order valence-corrected chi connectivity index (χ2v) is 3.73. The molecule has 1 rings (SSSR count). The van der Waals surface area contributed by atoms with E-state index in [1.54, 1.807) is 0 Å². The van der Waals surface area contributed by atoms with Gasteiger partial charge in [0.1, 0.15) is 5.75 Å². The second kappa shape index (κ2) is 5.45. The number of halogens is 8. The van der Waals surface area contributed by atoms with Crippen molar-refractivity contribution in [3.8, 4) is 5.75 Å². The number of hydrogen-bond donors (Lipinski definition) is 0. The molecule has 1 aromatic carbocycles. The van der Waals surface area contributed by atoms with Crippen molar-refractivity contribution in [3.63, 3.8) is 0 Å². The Labute approximate surface area is 108 Å². The Morgan fingerprint density at radius 1 is 0.950 bits per heavy atom. The number of benzene rings is 1. The summed E-state index contributed by atoms with van der Waals surface area (Å²) in [4.78, 5) is 0. The zero-order valence-electron chi connectivity index (χ0n) is 9.87. The summed E-state index contributed by atoms with van der Waals surface area (Å²) in [6.07, 6.45) is -10.4. The molecule has 1 aromatic rings. The molecule has 0 saturated carbocycles. The van der Waals surface area contributed by atoms with Crippen molar-refractivity contribution in [1.82, 2.24) is 0 Å². The van der Waals surface area contributed by atoms with Crippen molar-refractivity contribution in [1.29, 1.82) is 0 Å². The molecule has 0 spiro atoms. The molecule has 0 heterocycles. The van der Waals surface area contributed by atoms with E-state index < -0.39 is 41.4 Å². The molecule has 114 valence electrons. The Bertz CT molecular complexity index is 475. The maximum absolute atomic E-state index is 12.7. The highest BCUT2D eigenvalue weighted by Gasteiger charge is 2.40. The predicted molar refractivity (Wildman–Crippen MR) is 52.5 cm³/mol. The molecule has 0 N–H and O–H groups in total. The van der Waals surface area contributed by atoms with Crippen molar-refractivity contribution in [3.05, 3.63) is 28.8 Å². The summed E-state index contributed by atoms with van der Waals surface area (Å²) in [5, 5.41) is 0. The number of ether oxygens (including phenoxy) is 1. The van der Waals surface area contributed by atoms with Crippen LogP contribution in [0.3, 0.4) is 0 Å². The Hall–Kier alpha value is -1.54. The topological polar surface area (TPSA) is 9.23 Å². The predicted octanol–water partition coefficient (Wildman–Crippen LogP) is 4.89. The molecule has 0 amide bonds. The molecule has 0 aliphatic heterocycles. The molecule has 0 unspecified atom stereocenters. The van der Waals surface area contributed by atoms with Gasteiger partial charge in [0.05, 0.1) is 11.1 Å². The summed E-state index contributed by atoms with van der Waals surface area (Å²) in [5.41, 5.74) is -3.74. The van der Waals surface area contributed by atoms with Crippen molar-refractivity contribution in [2.45, 2.75) is 32.3 Å². The van der Waals surface area contributed by atoms with Crippen LogP contribution in [0.5, 0.6) is 5.75 Å². The summed E-state index contributed by atoms with van der Waals surface area (Å²) in [6.45, 7) is -2.44. The van der Waals surface area contributed by atoms with Crippen LogP contribution in [-0.4, -0.2) is 6.61 Å². The third-order valence-corrected chi connectivity index (χ3v) is 2.41. The van der Waals surface area contributed by atoms with Crippen LogP contribution in [0.2, 0.25) is 0 Å². The summed E-state index contributed by atoms with van der Waals surface area (Å²) in [7, 11) is 0. The SMILES string of the molecule is CCc1cc(C(F)(F)F)c(OC(F)F)cc1C(F)(F)F. The van der Waals surface area contributed by atoms with E-state index in [-0.39, 0.29) is 18.6 Å². The van der Waals surface area contributed by atoms with E-state index in [1.807, 2.05) is 0 Å². The largest absolute Gasteiger partial charge is 0.434 e. The fraction of sp³-hybridized carbons (Fsp3) is 0.455. The maximum atomic E-state index is 12.7. The van der Waals surface area contributed by atoms with Gasteiger partial charge in [-0.2, -0.15) is 35.1 Å². The summed E-state index contributed by atoms with van der Waals surface area (Å²) >= 11 is 0. The van der Waals surface area contributed by atoms with Crippen molar-refractivity contribution >= 4 is 0 Å². The van der Waals surface area contributed by atoms with Crippen molar-refractivity contribution in [2.75, 3.05) is 0 Å². The fourth-order valence-corrected chi connectivity index (χ4v) is 1.60. The van der Waals surface area contributed by atoms with E-state index in [1.165, 1.54) is 6.92 Å². The molecule has 1 nitrogen and oxygen atoms in total. The highest BCUT2D eigenvalue weighted by atomic mass is 19.4. The van der Waals surface area contributed by atoms with Crippen LogP contribution in [0, 0.1) is 0 Å². The first-order chi connectivity index (χ1) is 8.96. The van der Waals surface area contributed by atoms with E-state index in [0.717, 1.165) is 0 Å². The molecule has 0 aliphatic rings. The summed E-state index contributed by atoms with van der Waals surface area (Å²) in [6, 6.07) is 0.133. The Morgan fingerprint density at radius 3 is 1.80 bits per heavy atom. The zero-order valence-corrected chi connectivity index (χ0v) is 9.87. The molecular weight excluding hydrogens is 300 g/mol. The average Bonchev–Trinajstić information content (AvgIpc) is 2.24. The smallest absolute Gasteiger partial charge is 0.419 e. The fourth-order valence-electron chi connectivity index (χ4n) is 1.60. The minimum Gasteiger partial charge on any atom is -0.434 e. The van der Waals surface area contributed by atoms with E-state index >= 15 is 0 Å². The van der Waals surface area contributed by atoms with Gasteiger partial charge in [0.15, 0.2) is 0 Å². The lowest BCUT2D eigenvalue weighted by molar-refractivity contribution is -0.145. The molecule has 0 aromatic heterocycles. The summed E-state index contributed by atoms with van der Waals surface area (Å²) < 4.78 is 103.